The minimum absolute atomic E-state index is 0.0372. The molecule has 3 rings (SSSR count). The van der Waals surface area contributed by atoms with Gasteiger partial charge in [0.25, 0.3) is 5.56 Å². The van der Waals surface area contributed by atoms with Crippen molar-refractivity contribution in [2.75, 3.05) is 5.32 Å². The summed E-state index contributed by atoms with van der Waals surface area (Å²) < 4.78 is 17.6. The van der Waals surface area contributed by atoms with Crippen molar-refractivity contribution in [2.24, 2.45) is 0 Å². The largest absolute Gasteiger partial charge is 0.325 e. The van der Waals surface area contributed by atoms with Gasteiger partial charge in [0.15, 0.2) is 0 Å². The first-order chi connectivity index (χ1) is 11.4. The van der Waals surface area contributed by atoms with Crippen LogP contribution in [0, 0.1) is 5.82 Å². The van der Waals surface area contributed by atoms with E-state index in [-0.39, 0.29) is 44.9 Å². The second kappa shape index (κ2) is 6.61. The van der Waals surface area contributed by atoms with Crippen molar-refractivity contribution in [1.82, 2.24) is 9.36 Å². The highest BCUT2D eigenvalue weighted by Gasteiger charge is 2.25. The Kier molecular flexibility index (Phi) is 4.69. The number of amides is 1. The molecular formula is C16H16Cl2FN3O2. The van der Waals surface area contributed by atoms with E-state index in [4.69, 9.17) is 23.2 Å². The maximum Gasteiger partial charge on any atom is 0.276 e. The summed E-state index contributed by atoms with van der Waals surface area (Å²) in [4.78, 5) is 24.2. The van der Waals surface area contributed by atoms with Gasteiger partial charge in [0.2, 0.25) is 5.91 Å². The Bertz CT molecular complexity index is 873. The van der Waals surface area contributed by atoms with Gasteiger partial charge in [-0.2, -0.15) is 0 Å². The van der Waals surface area contributed by atoms with Crippen molar-refractivity contribution in [2.45, 2.75) is 39.3 Å². The Morgan fingerprint density at radius 2 is 1.92 bits per heavy atom. The lowest BCUT2D eigenvalue weighted by Crippen LogP contribution is -2.27. The second-order valence-electron chi connectivity index (χ2n) is 5.64. The van der Waals surface area contributed by atoms with E-state index >= 15 is 0 Å². The molecule has 1 N–H and O–H groups in total. The Balaban J connectivity index is 2.16. The van der Waals surface area contributed by atoms with E-state index < -0.39 is 5.82 Å². The number of benzene rings is 1. The van der Waals surface area contributed by atoms with Crippen molar-refractivity contribution in [3.63, 3.8) is 0 Å². The van der Waals surface area contributed by atoms with Gasteiger partial charge in [0.05, 0.1) is 16.3 Å². The molecule has 8 heteroatoms. The van der Waals surface area contributed by atoms with Gasteiger partial charge < -0.3 is 5.32 Å². The molecule has 0 spiro atoms. The fourth-order valence-electron chi connectivity index (χ4n) is 2.83. The summed E-state index contributed by atoms with van der Waals surface area (Å²) in [6, 6.07) is 2.44. The van der Waals surface area contributed by atoms with Crippen LogP contribution >= 0.6 is 23.2 Å². The molecule has 0 atom stereocenters. The molecule has 1 aliphatic heterocycles. The molecule has 0 unspecified atom stereocenters. The second-order valence-corrected chi connectivity index (χ2v) is 6.40. The summed E-state index contributed by atoms with van der Waals surface area (Å²) >= 11 is 12.3. The molecule has 0 radical (unpaired) electrons. The highest BCUT2D eigenvalue weighted by Crippen LogP contribution is 2.34. The minimum Gasteiger partial charge on any atom is -0.325 e. The monoisotopic (exact) mass is 371 g/mol. The fourth-order valence-corrected chi connectivity index (χ4v) is 3.38. The zero-order valence-electron chi connectivity index (χ0n) is 13.0. The van der Waals surface area contributed by atoms with Crippen molar-refractivity contribution in [1.29, 1.82) is 0 Å². The van der Waals surface area contributed by atoms with Gasteiger partial charge in [-0.1, -0.05) is 30.1 Å². The summed E-state index contributed by atoms with van der Waals surface area (Å²) in [5, 5.41) is 2.87. The molecule has 0 saturated carbocycles. The number of carbonyl (C=O) groups is 1. The Labute approximate surface area is 147 Å². The smallest absolute Gasteiger partial charge is 0.276 e. The van der Waals surface area contributed by atoms with Crippen LogP contribution in [0.15, 0.2) is 16.9 Å². The van der Waals surface area contributed by atoms with Crippen LogP contribution in [0.4, 0.5) is 10.1 Å². The highest BCUT2D eigenvalue weighted by molar-refractivity contribution is 6.34. The summed E-state index contributed by atoms with van der Waals surface area (Å²) in [7, 11) is 0. The Morgan fingerprint density at radius 1 is 1.25 bits per heavy atom. The van der Waals surface area contributed by atoms with Crippen LogP contribution in [0.5, 0.6) is 0 Å². The first-order valence-electron chi connectivity index (χ1n) is 7.72. The van der Waals surface area contributed by atoms with E-state index in [0.29, 0.717) is 13.1 Å². The molecule has 24 heavy (non-hydrogen) atoms. The van der Waals surface area contributed by atoms with E-state index in [2.05, 4.69) is 5.32 Å². The summed E-state index contributed by atoms with van der Waals surface area (Å²) in [5.41, 5.74) is 0.0492. The summed E-state index contributed by atoms with van der Waals surface area (Å²) in [5.74, 6) is -0.912. The molecule has 0 aliphatic carbocycles. The molecule has 0 bridgehead atoms. The molecule has 1 amide bonds. The van der Waals surface area contributed by atoms with Gasteiger partial charge in [-0.3, -0.25) is 14.3 Å². The van der Waals surface area contributed by atoms with Gasteiger partial charge in [-0.25, -0.2) is 9.07 Å². The van der Waals surface area contributed by atoms with Crippen LogP contribution in [-0.4, -0.2) is 15.3 Å². The van der Waals surface area contributed by atoms with Crippen LogP contribution in [-0.2, 0) is 17.9 Å². The lowest BCUT2D eigenvalue weighted by atomic mass is 10.1. The predicted octanol–water partition coefficient (Wildman–Crippen LogP) is 3.91. The third-order valence-corrected chi connectivity index (χ3v) is 4.78. The lowest BCUT2D eigenvalue weighted by molar-refractivity contribution is -0.115. The average Bonchev–Trinajstić information content (AvgIpc) is 2.82. The van der Waals surface area contributed by atoms with Crippen molar-refractivity contribution >= 4 is 34.8 Å². The zero-order valence-corrected chi connectivity index (χ0v) is 14.5. The van der Waals surface area contributed by atoms with Gasteiger partial charge in [0.1, 0.15) is 11.0 Å². The molecule has 0 saturated heterocycles. The highest BCUT2D eigenvalue weighted by atomic mass is 35.5. The first-order valence-corrected chi connectivity index (χ1v) is 8.48. The molecule has 5 nitrogen and oxygen atoms in total. The maximum atomic E-state index is 14.4. The van der Waals surface area contributed by atoms with E-state index in [1.54, 1.807) is 11.6 Å². The topological polar surface area (TPSA) is 56.0 Å². The SMILES string of the molecule is CCC(=O)Nc1cc(-c2c(Cl)n3n(c2=O)CCCC3)c(F)cc1Cl. The Hall–Kier alpha value is -1.79. The molecule has 2 aromatic rings. The predicted molar refractivity (Wildman–Crippen MR) is 92.3 cm³/mol. The van der Waals surface area contributed by atoms with E-state index in [0.717, 1.165) is 18.9 Å². The van der Waals surface area contributed by atoms with Gasteiger partial charge in [-0.05, 0) is 25.0 Å². The van der Waals surface area contributed by atoms with Crippen LogP contribution in [0.2, 0.25) is 10.2 Å². The van der Waals surface area contributed by atoms with Crippen molar-refractivity contribution in [3.05, 3.63) is 38.5 Å². The molecule has 1 aromatic carbocycles. The number of carbonyl (C=O) groups excluding carboxylic acids is 1. The maximum absolute atomic E-state index is 14.4. The number of nitrogens with zero attached hydrogens (tertiary/aromatic N) is 2. The summed E-state index contributed by atoms with van der Waals surface area (Å²) in [6.07, 6.45) is 2.04. The molecular weight excluding hydrogens is 356 g/mol. The quantitative estimate of drug-likeness (QED) is 0.889. The van der Waals surface area contributed by atoms with Gasteiger partial charge in [0, 0.05) is 25.1 Å². The molecule has 1 aliphatic rings. The van der Waals surface area contributed by atoms with Gasteiger partial charge in [-0.15, -0.1) is 0 Å². The Morgan fingerprint density at radius 3 is 2.54 bits per heavy atom. The van der Waals surface area contributed by atoms with Gasteiger partial charge >= 0.3 is 0 Å². The number of rotatable bonds is 3. The fraction of sp³-hybridized carbons (Fsp3) is 0.375. The molecule has 0 fully saturated rings. The third kappa shape index (κ3) is 2.84. The van der Waals surface area contributed by atoms with Crippen molar-refractivity contribution in [3.8, 4) is 11.1 Å². The zero-order chi connectivity index (χ0) is 17.4. The van der Waals surface area contributed by atoms with Crippen LogP contribution in [0.3, 0.4) is 0 Å². The van der Waals surface area contributed by atoms with Crippen LogP contribution < -0.4 is 10.9 Å². The minimum atomic E-state index is -0.656. The number of hydrogen-bond donors (Lipinski definition) is 1. The lowest BCUT2D eigenvalue weighted by Gasteiger charge is -2.17. The average molecular weight is 372 g/mol. The number of anilines is 1. The first kappa shape index (κ1) is 17.0. The van der Waals surface area contributed by atoms with Crippen molar-refractivity contribution < 1.29 is 9.18 Å². The molecule has 2 heterocycles. The van der Waals surface area contributed by atoms with E-state index in [1.165, 1.54) is 10.7 Å². The number of nitrogens with one attached hydrogen (secondary N) is 1. The molecule has 128 valence electrons. The molecule has 1 aromatic heterocycles. The number of hydrogen-bond acceptors (Lipinski definition) is 2. The standard InChI is InChI=1S/C16H16Cl2FN3O2/c1-2-13(23)20-12-7-9(11(19)8-10(12)17)14-15(18)21-5-3-4-6-22(21)16(14)24/h7-8H,2-6H2,1H3,(H,20,23). The van der Waals surface area contributed by atoms with Crippen LogP contribution in [0.25, 0.3) is 11.1 Å². The third-order valence-electron chi connectivity index (χ3n) is 4.08. The number of fused-ring (bicyclic) bond motifs is 1. The summed E-state index contributed by atoms with van der Waals surface area (Å²) in [6.45, 7) is 2.86. The van der Waals surface area contributed by atoms with E-state index in [9.17, 15) is 14.0 Å². The number of halogens is 3. The normalized spacial score (nSPS) is 13.7. The van der Waals surface area contributed by atoms with E-state index in [1.807, 2.05) is 0 Å². The van der Waals surface area contributed by atoms with Crippen LogP contribution in [0.1, 0.15) is 26.2 Å². The number of aromatic nitrogens is 2.